The van der Waals surface area contributed by atoms with Crippen LogP contribution in [0.3, 0.4) is 0 Å². The number of aryl methyl sites for hydroxylation is 1. The zero-order valence-electron chi connectivity index (χ0n) is 11.8. The quantitative estimate of drug-likeness (QED) is 0.722. The average molecular weight is 237 g/mol. The smallest absolute Gasteiger partial charge is 0.123 e. The first-order valence-corrected chi connectivity index (χ1v) is 6.92. The fraction of sp³-hybridized carbons (Fsp3) is 0.733. The Labute approximate surface area is 106 Å². The first kappa shape index (κ1) is 14.3. The van der Waals surface area contributed by atoms with Crippen LogP contribution in [0, 0.1) is 12.8 Å². The zero-order chi connectivity index (χ0) is 12.7. The Hall–Kier alpha value is -0.760. The van der Waals surface area contributed by atoms with Gasteiger partial charge in [0.25, 0.3) is 0 Å². The van der Waals surface area contributed by atoms with Gasteiger partial charge in [0.05, 0.1) is 12.3 Å². The van der Waals surface area contributed by atoms with Gasteiger partial charge in [-0.05, 0) is 43.9 Å². The lowest BCUT2D eigenvalue weighted by Crippen LogP contribution is -2.22. The van der Waals surface area contributed by atoms with Crippen molar-refractivity contribution in [3.63, 3.8) is 0 Å². The summed E-state index contributed by atoms with van der Waals surface area (Å²) in [5.41, 5.74) is 1.27. The van der Waals surface area contributed by atoms with Crippen molar-refractivity contribution >= 4 is 0 Å². The molecule has 0 aromatic carbocycles. The predicted molar refractivity (Wildman–Crippen MR) is 73.2 cm³/mol. The highest BCUT2D eigenvalue weighted by atomic mass is 16.3. The Kier molecular flexibility index (Phi) is 6.35. The minimum atomic E-state index is 0.392. The summed E-state index contributed by atoms with van der Waals surface area (Å²) in [5, 5.41) is 3.59. The molecule has 2 nitrogen and oxygen atoms in total. The lowest BCUT2D eigenvalue weighted by atomic mass is 10.0. The second kappa shape index (κ2) is 7.54. The van der Waals surface area contributed by atoms with E-state index in [2.05, 4.69) is 39.1 Å². The van der Waals surface area contributed by atoms with E-state index in [4.69, 9.17) is 4.42 Å². The molecule has 0 aliphatic rings. The summed E-state index contributed by atoms with van der Waals surface area (Å²) in [6.07, 6.45) is 6.70. The molecule has 2 heteroatoms. The largest absolute Gasteiger partial charge is 0.467 e. The lowest BCUT2D eigenvalue weighted by molar-refractivity contribution is 0.375. The van der Waals surface area contributed by atoms with Crippen LogP contribution >= 0.6 is 0 Å². The third kappa shape index (κ3) is 4.95. The van der Waals surface area contributed by atoms with Crippen LogP contribution in [0.25, 0.3) is 0 Å². The molecule has 0 saturated carbocycles. The monoisotopic (exact) mass is 237 g/mol. The van der Waals surface area contributed by atoms with E-state index in [1.165, 1.54) is 31.2 Å². The molecule has 0 aliphatic heterocycles. The number of hydrogen-bond acceptors (Lipinski definition) is 2. The number of hydrogen-bond donors (Lipinski definition) is 1. The fourth-order valence-electron chi connectivity index (χ4n) is 2.12. The van der Waals surface area contributed by atoms with Gasteiger partial charge < -0.3 is 9.73 Å². The molecule has 98 valence electrons. The molecule has 0 saturated heterocycles. The van der Waals surface area contributed by atoms with E-state index >= 15 is 0 Å². The number of nitrogens with one attached hydrogen (secondary N) is 1. The van der Waals surface area contributed by atoms with Crippen molar-refractivity contribution in [1.29, 1.82) is 0 Å². The van der Waals surface area contributed by atoms with Gasteiger partial charge in [0, 0.05) is 0 Å². The van der Waals surface area contributed by atoms with E-state index in [1.807, 2.05) is 0 Å². The maximum absolute atomic E-state index is 5.62. The van der Waals surface area contributed by atoms with Gasteiger partial charge in [-0.1, -0.05) is 33.6 Å². The molecule has 0 aliphatic carbocycles. The predicted octanol–water partition coefficient (Wildman–Crippen LogP) is 4.46. The van der Waals surface area contributed by atoms with Crippen LogP contribution in [0.15, 0.2) is 16.7 Å². The Bertz CT molecular complexity index is 304. The van der Waals surface area contributed by atoms with Gasteiger partial charge in [-0.3, -0.25) is 0 Å². The molecule has 0 bridgehead atoms. The summed E-state index contributed by atoms with van der Waals surface area (Å²) in [6, 6.07) is 2.45. The van der Waals surface area contributed by atoms with E-state index in [-0.39, 0.29) is 0 Å². The highest BCUT2D eigenvalue weighted by Crippen LogP contribution is 2.24. The van der Waals surface area contributed by atoms with Gasteiger partial charge in [0.2, 0.25) is 0 Å². The topological polar surface area (TPSA) is 25.2 Å². The molecule has 1 atom stereocenters. The third-order valence-electron chi connectivity index (χ3n) is 3.13. The summed E-state index contributed by atoms with van der Waals surface area (Å²) in [7, 11) is 0. The van der Waals surface area contributed by atoms with Crippen LogP contribution in [-0.2, 0) is 0 Å². The second-order valence-electron chi connectivity index (χ2n) is 5.30. The van der Waals surface area contributed by atoms with Crippen LogP contribution < -0.4 is 5.32 Å². The molecule has 1 N–H and O–H groups in total. The van der Waals surface area contributed by atoms with Crippen LogP contribution in [-0.4, -0.2) is 6.54 Å². The maximum Gasteiger partial charge on any atom is 0.123 e. The van der Waals surface area contributed by atoms with Gasteiger partial charge in [0.1, 0.15) is 5.76 Å². The first-order valence-electron chi connectivity index (χ1n) is 6.92. The maximum atomic E-state index is 5.62. The highest BCUT2D eigenvalue weighted by Gasteiger charge is 2.15. The summed E-state index contributed by atoms with van der Waals surface area (Å²) in [6.45, 7) is 9.96. The minimum absolute atomic E-state index is 0.392. The third-order valence-corrected chi connectivity index (χ3v) is 3.13. The van der Waals surface area contributed by atoms with Gasteiger partial charge >= 0.3 is 0 Å². The van der Waals surface area contributed by atoms with E-state index in [0.717, 1.165) is 18.2 Å². The molecule has 1 heterocycles. The van der Waals surface area contributed by atoms with Crippen molar-refractivity contribution in [2.75, 3.05) is 6.54 Å². The molecular weight excluding hydrogens is 210 g/mol. The van der Waals surface area contributed by atoms with E-state index in [9.17, 15) is 0 Å². The molecule has 1 rings (SSSR count). The summed E-state index contributed by atoms with van der Waals surface area (Å²) < 4.78 is 5.62. The van der Waals surface area contributed by atoms with Crippen LogP contribution in [0.2, 0.25) is 0 Å². The van der Waals surface area contributed by atoms with Crippen LogP contribution in [0.4, 0.5) is 0 Å². The zero-order valence-corrected chi connectivity index (χ0v) is 11.8. The van der Waals surface area contributed by atoms with Crippen molar-refractivity contribution in [2.45, 2.75) is 59.4 Å². The van der Waals surface area contributed by atoms with Crippen LogP contribution in [0.1, 0.15) is 63.8 Å². The van der Waals surface area contributed by atoms with E-state index in [0.29, 0.717) is 6.04 Å². The molecule has 1 unspecified atom stereocenters. The number of furan rings is 1. The fourth-order valence-corrected chi connectivity index (χ4v) is 2.12. The second-order valence-corrected chi connectivity index (χ2v) is 5.30. The standard InChI is InChI=1S/C15H27NO/c1-5-10-16-14(8-6-7-12(2)3)15-13(4)9-11-17-15/h9,11-12,14,16H,5-8,10H2,1-4H3. The van der Waals surface area contributed by atoms with E-state index in [1.54, 1.807) is 6.26 Å². The molecule has 0 amide bonds. The Morgan fingerprint density at radius 3 is 2.59 bits per heavy atom. The van der Waals surface area contributed by atoms with Crippen molar-refractivity contribution in [2.24, 2.45) is 5.92 Å². The van der Waals surface area contributed by atoms with Crippen molar-refractivity contribution in [1.82, 2.24) is 5.32 Å². The molecule has 17 heavy (non-hydrogen) atoms. The summed E-state index contributed by atoms with van der Waals surface area (Å²) >= 11 is 0. The van der Waals surface area contributed by atoms with Gasteiger partial charge in [-0.15, -0.1) is 0 Å². The Balaban J connectivity index is 2.52. The molecule has 1 aromatic heterocycles. The first-order chi connectivity index (χ1) is 8.15. The van der Waals surface area contributed by atoms with E-state index < -0.39 is 0 Å². The molecular formula is C15H27NO. The Morgan fingerprint density at radius 1 is 1.29 bits per heavy atom. The minimum Gasteiger partial charge on any atom is -0.467 e. The van der Waals surface area contributed by atoms with Gasteiger partial charge in [0.15, 0.2) is 0 Å². The summed E-state index contributed by atoms with van der Waals surface area (Å²) in [4.78, 5) is 0. The van der Waals surface area contributed by atoms with Crippen molar-refractivity contribution in [3.05, 3.63) is 23.7 Å². The SMILES string of the molecule is CCCNC(CCCC(C)C)c1occc1C. The average Bonchev–Trinajstić information content (AvgIpc) is 2.69. The Morgan fingerprint density at radius 2 is 2.06 bits per heavy atom. The molecule has 0 fully saturated rings. The number of rotatable bonds is 8. The highest BCUT2D eigenvalue weighted by molar-refractivity contribution is 5.18. The van der Waals surface area contributed by atoms with Crippen LogP contribution in [0.5, 0.6) is 0 Å². The van der Waals surface area contributed by atoms with Gasteiger partial charge in [-0.2, -0.15) is 0 Å². The van der Waals surface area contributed by atoms with Crippen molar-refractivity contribution < 1.29 is 4.42 Å². The summed E-state index contributed by atoms with van der Waals surface area (Å²) in [5.74, 6) is 1.92. The lowest BCUT2D eigenvalue weighted by Gasteiger charge is -2.17. The molecule has 0 spiro atoms. The van der Waals surface area contributed by atoms with Crippen molar-refractivity contribution in [3.8, 4) is 0 Å². The van der Waals surface area contributed by atoms with Gasteiger partial charge in [-0.25, -0.2) is 0 Å². The molecule has 0 radical (unpaired) electrons. The normalized spacial score (nSPS) is 13.2. The molecule has 1 aromatic rings.